The van der Waals surface area contributed by atoms with Crippen LogP contribution in [-0.4, -0.2) is 27.9 Å². The Kier molecular flexibility index (Phi) is 4.26. The van der Waals surface area contributed by atoms with Gasteiger partial charge in [0.1, 0.15) is 26.5 Å². The second-order valence-corrected chi connectivity index (χ2v) is 10.1. The molecule has 0 fully saturated rings. The molecule has 0 spiro atoms. The first-order valence-electron chi connectivity index (χ1n) is 6.58. The van der Waals surface area contributed by atoms with E-state index in [2.05, 4.69) is 0 Å². The summed E-state index contributed by atoms with van der Waals surface area (Å²) in [5.41, 5.74) is -2.58. The molecule has 0 aliphatic carbocycles. The van der Waals surface area contributed by atoms with Gasteiger partial charge in [-0.3, -0.25) is 4.79 Å². The molecule has 0 aliphatic heterocycles. The first kappa shape index (κ1) is 18.6. The molecule has 0 saturated heterocycles. The van der Waals surface area contributed by atoms with Gasteiger partial charge in [0, 0.05) is 27.4 Å². The van der Waals surface area contributed by atoms with Crippen molar-refractivity contribution in [3.05, 3.63) is 46.1 Å². The van der Waals surface area contributed by atoms with Crippen molar-refractivity contribution in [2.45, 2.75) is 9.79 Å². The van der Waals surface area contributed by atoms with Gasteiger partial charge in [-0.05, 0) is 12.1 Å². The Balaban J connectivity index is 2.80. The van der Waals surface area contributed by atoms with Gasteiger partial charge in [-0.2, -0.15) is 0 Å². The number of hydrogen-bond donors (Lipinski definition) is 1. The average molecular weight is 437 g/mol. The van der Waals surface area contributed by atoms with Gasteiger partial charge in [-0.1, -0.05) is 12.1 Å². The van der Waals surface area contributed by atoms with Gasteiger partial charge >= 0.3 is 5.97 Å². The SMILES string of the molecule is O=C(O)c1c(S(=O)(=O)Cl)cc2oc3ccccc3c(=O)c2c1S(=O)(=O)Cl. The van der Waals surface area contributed by atoms with Crippen molar-refractivity contribution in [3.63, 3.8) is 0 Å². The van der Waals surface area contributed by atoms with E-state index in [1.807, 2.05) is 0 Å². The van der Waals surface area contributed by atoms with Crippen LogP contribution >= 0.6 is 21.4 Å². The summed E-state index contributed by atoms with van der Waals surface area (Å²) < 4.78 is 53.0. The van der Waals surface area contributed by atoms with Crippen LogP contribution in [0.5, 0.6) is 0 Å². The van der Waals surface area contributed by atoms with Crippen molar-refractivity contribution in [1.82, 2.24) is 0 Å². The zero-order valence-electron chi connectivity index (χ0n) is 12.3. The van der Waals surface area contributed by atoms with Crippen LogP contribution in [0.1, 0.15) is 10.4 Å². The van der Waals surface area contributed by atoms with Gasteiger partial charge in [0.25, 0.3) is 18.1 Å². The maximum absolute atomic E-state index is 12.7. The number of fused-ring (bicyclic) bond motifs is 2. The van der Waals surface area contributed by atoms with Gasteiger partial charge in [-0.15, -0.1) is 0 Å². The fraction of sp³-hybridized carbons (Fsp3) is 0. The van der Waals surface area contributed by atoms with Gasteiger partial charge in [0.05, 0.1) is 10.8 Å². The Morgan fingerprint density at radius 1 is 1.00 bits per heavy atom. The molecule has 1 heterocycles. The Hall–Kier alpha value is -2.14. The molecule has 0 aliphatic rings. The van der Waals surface area contributed by atoms with Gasteiger partial charge in [0.15, 0.2) is 0 Å². The normalized spacial score (nSPS) is 12.5. The Labute approximate surface area is 154 Å². The molecule has 0 saturated carbocycles. The first-order valence-corrected chi connectivity index (χ1v) is 11.2. The number of benzene rings is 2. The average Bonchev–Trinajstić information content (AvgIpc) is 2.51. The summed E-state index contributed by atoms with van der Waals surface area (Å²) in [5, 5.41) is 8.64. The fourth-order valence-electron chi connectivity index (χ4n) is 2.54. The summed E-state index contributed by atoms with van der Waals surface area (Å²) in [6.45, 7) is 0. The van der Waals surface area contributed by atoms with E-state index in [9.17, 15) is 31.5 Å². The van der Waals surface area contributed by atoms with Crippen LogP contribution < -0.4 is 5.43 Å². The molecule has 3 rings (SSSR count). The molecule has 0 unspecified atom stereocenters. The standard InChI is InChI=1S/C14H6Cl2O8S2/c15-25(20,21)9-5-8-10(13(26(16,22)23)11(9)14(18)19)12(17)6-3-1-2-4-7(6)24-8/h1-5H,(H,18,19). The molecule has 2 aromatic carbocycles. The van der Waals surface area contributed by atoms with Crippen molar-refractivity contribution in [3.8, 4) is 0 Å². The molecule has 0 bridgehead atoms. The van der Waals surface area contributed by atoms with Crippen molar-refractivity contribution < 1.29 is 31.2 Å². The second-order valence-electron chi connectivity index (χ2n) is 5.06. The lowest BCUT2D eigenvalue weighted by atomic mass is 10.1. The van der Waals surface area contributed by atoms with Crippen molar-refractivity contribution >= 4 is 67.4 Å². The number of halogens is 2. The van der Waals surface area contributed by atoms with E-state index >= 15 is 0 Å². The number of rotatable bonds is 3. The highest BCUT2D eigenvalue weighted by molar-refractivity contribution is 8.14. The summed E-state index contributed by atoms with van der Waals surface area (Å²) in [7, 11) is 0.979. The van der Waals surface area contributed by atoms with E-state index in [0.29, 0.717) is 6.07 Å². The second kappa shape index (κ2) is 5.95. The highest BCUT2D eigenvalue weighted by Gasteiger charge is 2.34. The number of para-hydroxylation sites is 1. The molecular formula is C14H6Cl2O8S2. The lowest BCUT2D eigenvalue weighted by Gasteiger charge is -2.11. The lowest BCUT2D eigenvalue weighted by Crippen LogP contribution is -2.15. The number of aromatic carboxylic acids is 1. The van der Waals surface area contributed by atoms with E-state index in [1.54, 1.807) is 0 Å². The lowest BCUT2D eigenvalue weighted by molar-refractivity contribution is 0.0688. The topological polar surface area (TPSA) is 136 Å². The van der Waals surface area contributed by atoms with E-state index in [1.165, 1.54) is 24.3 Å². The first-order chi connectivity index (χ1) is 11.9. The highest BCUT2D eigenvalue weighted by atomic mass is 35.7. The third kappa shape index (κ3) is 2.94. The van der Waals surface area contributed by atoms with E-state index in [4.69, 9.17) is 25.8 Å². The summed E-state index contributed by atoms with van der Waals surface area (Å²) in [4.78, 5) is 22.1. The van der Waals surface area contributed by atoms with Gasteiger partial charge < -0.3 is 9.52 Å². The van der Waals surface area contributed by atoms with Crippen molar-refractivity contribution in [2.75, 3.05) is 0 Å². The monoisotopic (exact) mass is 436 g/mol. The van der Waals surface area contributed by atoms with Gasteiger partial charge in [0.2, 0.25) is 5.43 Å². The van der Waals surface area contributed by atoms with Crippen LogP contribution in [0.2, 0.25) is 0 Å². The number of carboxylic acid groups (broad SMARTS) is 1. The molecular weight excluding hydrogens is 431 g/mol. The summed E-state index contributed by atoms with van der Waals surface area (Å²) in [6.07, 6.45) is 0. The van der Waals surface area contributed by atoms with Crippen LogP contribution in [0.3, 0.4) is 0 Å². The molecule has 8 nitrogen and oxygen atoms in total. The van der Waals surface area contributed by atoms with Crippen molar-refractivity contribution in [2.24, 2.45) is 0 Å². The zero-order chi connectivity index (χ0) is 19.4. The minimum Gasteiger partial charge on any atom is -0.478 e. The smallest absolute Gasteiger partial charge is 0.338 e. The maximum atomic E-state index is 12.7. The largest absolute Gasteiger partial charge is 0.478 e. The van der Waals surface area contributed by atoms with Gasteiger partial charge in [-0.25, -0.2) is 21.6 Å². The predicted molar refractivity (Wildman–Crippen MR) is 93.0 cm³/mol. The Morgan fingerprint density at radius 2 is 1.62 bits per heavy atom. The highest BCUT2D eigenvalue weighted by Crippen LogP contribution is 2.35. The summed E-state index contributed by atoms with van der Waals surface area (Å²) >= 11 is 0. The maximum Gasteiger partial charge on any atom is 0.338 e. The molecule has 26 heavy (non-hydrogen) atoms. The third-order valence-corrected chi connectivity index (χ3v) is 6.21. The minimum absolute atomic E-state index is 0.0314. The molecule has 0 atom stereocenters. The third-order valence-electron chi connectivity index (χ3n) is 3.51. The van der Waals surface area contributed by atoms with E-state index in [0.717, 1.165) is 0 Å². The summed E-state index contributed by atoms with van der Waals surface area (Å²) in [6, 6.07) is 6.42. The molecule has 0 amide bonds. The Morgan fingerprint density at radius 3 is 2.15 bits per heavy atom. The van der Waals surface area contributed by atoms with Crippen molar-refractivity contribution in [1.29, 1.82) is 0 Å². The van der Waals surface area contributed by atoms with Crippen LogP contribution in [0.4, 0.5) is 0 Å². The van der Waals surface area contributed by atoms with Crippen LogP contribution in [0, 0.1) is 0 Å². The molecule has 3 aromatic rings. The summed E-state index contributed by atoms with van der Waals surface area (Å²) in [5.74, 6) is -1.95. The molecule has 1 aromatic heterocycles. The van der Waals surface area contributed by atoms with Crippen LogP contribution in [0.25, 0.3) is 21.9 Å². The number of carbonyl (C=O) groups is 1. The predicted octanol–water partition coefficient (Wildman–Crippen LogP) is 2.50. The molecule has 12 heteroatoms. The number of carboxylic acids is 1. The van der Waals surface area contributed by atoms with Crippen LogP contribution in [-0.2, 0) is 18.1 Å². The van der Waals surface area contributed by atoms with E-state index in [-0.39, 0.29) is 11.0 Å². The van der Waals surface area contributed by atoms with E-state index < -0.39 is 55.8 Å². The minimum atomic E-state index is -4.87. The Bertz CT molecular complexity index is 1370. The quantitative estimate of drug-likeness (QED) is 0.488. The number of hydrogen-bond acceptors (Lipinski definition) is 7. The fourth-order valence-corrected chi connectivity index (χ4v) is 4.99. The molecule has 1 N–H and O–H groups in total. The molecule has 0 radical (unpaired) electrons. The van der Waals surface area contributed by atoms with Crippen LogP contribution in [0.15, 0.2) is 49.3 Å². The molecule has 136 valence electrons. The zero-order valence-corrected chi connectivity index (χ0v) is 15.4.